The lowest BCUT2D eigenvalue weighted by Crippen LogP contribution is -2.14. The Labute approximate surface area is 151 Å². The first-order chi connectivity index (χ1) is 11.0. The molecule has 7 heteroatoms. The topological polar surface area (TPSA) is 70.8 Å². The first-order valence-corrected chi connectivity index (χ1v) is 8.39. The lowest BCUT2D eigenvalue weighted by molar-refractivity contribution is -0.145. The summed E-state index contributed by atoms with van der Waals surface area (Å²) >= 11 is 6.86. The third-order valence-electron chi connectivity index (χ3n) is 2.73. The quantitative estimate of drug-likeness (QED) is 0.523. The van der Waals surface area contributed by atoms with Crippen LogP contribution in [0.5, 0.6) is 17.2 Å². The van der Waals surface area contributed by atoms with Crippen LogP contribution in [0, 0.1) is 0 Å². The van der Waals surface area contributed by atoms with Gasteiger partial charge in [-0.1, -0.05) is 0 Å². The molecule has 0 spiro atoms. The molecule has 0 aliphatic heterocycles. The first kappa shape index (κ1) is 17.6. The molecule has 2 N–H and O–H groups in total. The molecule has 2 aromatic rings. The maximum Gasteiger partial charge on any atom is 0.344 e. The van der Waals surface area contributed by atoms with Crippen LogP contribution in [0.15, 0.2) is 45.3 Å². The Morgan fingerprint density at radius 2 is 1.70 bits per heavy atom. The minimum Gasteiger partial charge on any atom is -0.482 e. The standard InChI is InChI=1S/C16H15Br2NO4/c1-2-21-15(20)9-22-12-7-13(17)16(14(18)8-12)23-11-5-3-10(19)4-6-11/h3-8H,2,9,19H2,1H3. The molecule has 0 heterocycles. The third-order valence-corrected chi connectivity index (χ3v) is 3.91. The Balaban J connectivity index is 2.10. The lowest BCUT2D eigenvalue weighted by Gasteiger charge is -2.12. The van der Waals surface area contributed by atoms with Crippen molar-refractivity contribution in [2.24, 2.45) is 0 Å². The monoisotopic (exact) mass is 443 g/mol. The van der Waals surface area contributed by atoms with E-state index in [1.807, 2.05) is 0 Å². The van der Waals surface area contributed by atoms with Gasteiger partial charge >= 0.3 is 5.97 Å². The molecule has 5 nitrogen and oxygen atoms in total. The Morgan fingerprint density at radius 1 is 1.09 bits per heavy atom. The molecule has 0 aliphatic rings. The van der Waals surface area contributed by atoms with Gasteiger partial charge in [0.15, 0.2) is 12.4 Å². The summed E-state index contributed by atoms with van der Waals surface area (Å²) in [5.41, 5.74) is 6.32. The number of hydrogen-bond acceptors (Lipinski definition) is 5. The van der Waals surface area contributed by atoms with Crippen LogP contribution in [0.2, 0.25) is 0 Å². The lowest BCUT2D eigenvalue weighted by atomic mass is 10.3. The fraction of sp³-hybridized carbons (Fsp3) is 0.188. The van der Waals surface area contributed by atoms with Crippen molar-refractivity contribution in [3.63, 3.8) is 0 Å². The highest BCUT2D eigenvalue weighted by Crippen LogP contribution is 2.40. The van der Waals surface area contributed by atoms with E-state index in [1.54, 1.807) is 43.3 Å². The molecule has 2 aromatic carbocycles. The van der Waals surface area contributed by atoms with Crippen molar-refractivity contribution >= 4 is 43.5 Å². The summed E-state index contributed by atoms with van der Waals surface area (Å²) < 4.78 is 17.4. The average Bonchev–Trinajstić information content (AvgIpc) is 2.51. The number of nitrogens with two attached hydrogens (primary N) is 1. The van der Waals surface area contributed by atoms with Crippen molar-refractivity contribution in [2.75, 3.05) is 18.9 Å². The Bertz CT molecular complexity index is 666. The van der Waals surface area contributed by atoms with Gasteiger partial charge in [-0.3, -0.25) is 0 Å². The normalized spacial score (nSPS) is 10.2. The number of esters is 1. The number of anilines is 1. The van der Waals surface area contributed by atoms with E-state index in [1.165, 1.54) is 0 Å². The summed E-state index contributed by atoms with van der Waals surface area (Å²) in [5.74, 6) is 1.35. The Morgan fingerprint density at radius 3 is 2.26 bits per heavy atom. The molecular formula is C16H15Br2NO4. The van der Waals surface area contributed by atoms with Crippen LogP contribution in [-0.4, -0.2) is 19.2 Å². The van der Waals surface area contributed by atoms with Gasteiger partial charge in [0.25, 0.3) is 0 Å². The van der Waals surface area contributed by atoms with Gasteiger partial charge in [-0.15, -0.1) is 0 Å². The second-order valence-electron chi connectivity index (χ2n) is 4.48. The van der Waals surface area contributed by atoms with E-state index in [0.29, 0.717) is 38.5 Å². The van der Waals surface area contributed by atoms with E-state index < -0.39 is 5.97 Å². The van der Waals surface area contributed by atoms with E-state index in [9.17, 15) is 4.79 Å². The minimum absolute atomic E-state index is 0.148. The summed E-state index contributed by atoms with van der Waals surface area (Å²) in [7, 11) is 0. The van der Waals surface area contributed by atoms with Gasteiger partial charge in [0.05, 0.1) is 15.6 Å². The molecule has 2 rings (SSSR count). The molecule has 0 fully saturated rings. The Hall–Kier alpha value is -1.73. The largest absolute Gasteiger partial charge is 0.482 e. The molecule has 122 valence electrons. The fourth-order valence-corrected chi connectivity index (χ4v) is 3.02. The van der Waals surface area contributed by atoms with Crippen LogP contribution in [0.3, 0.4) is 0 Å². The molecule has 0 atom stereocenters. The van der Waals surface area contributed by atoms with Crippen molar-refractivity contribution in [3.8, 4) is 17.2 Å². The van der Waals surface area contributed by atoms with Gasteiger partial charge < -0.3 is 19.9 Å². The van der Waals surface area contributed by atoms with Crippen LogP contribution < -0.4 is 15.2 Å². The second-order valence-corrected chi connectivity index (χ2v) is 6.19. The minimum atomic E-state index is -0.415. The zero-order valence-electron chi connectivity index (χ0n) is 12.3. The van der Waals surface area contributed by atoms with E-state index >= 15 is 0 Å². The highest BCUT2D eigenvalue weighted by molar-refractivity contribution is 9.11. The number of nitrogen functional groups attached to an aromatic ring is 1. The summed E-state index contributed by atoms with van der Waals surface area (Å²) in [5, 5.41) is 0. The predicted octanol–water partition coefficient (Wildman–Crippen LogP) is 4.53. The van der Waals surface area contributed by atoms with E-state index in [0.717, 1.165) is 0 Å². The van der Waals surface area contributed by atoms with E-state index in [4.69, 9.17) is 19.9 Å². The molecule has 0 bridgehead atoms. The molecule has 0 saturated heterocycles. The van der Waals surface area contributed by atoms with Gasteiger partial charge in [-0.25, -0.2) is 4.79 Å². The van der Waals surface area contributed by atoms with Gasteiger partial charge in [0.1, 0.15) is 11.5 Å². The van der Waals surface area contributed by atoms with Gasteiger partial charge in [-0.2, -0.15) is 0 Å². The molecule has 23 heavy (non-hydrogen) atoms. The first-order valence-electron chi connectivity index (χ1n) is 6.80. The second kappa shape index (κ2) is 8.21. The molecule has 0 aromatic heterocycles. The number of ether oxygens (including phenoxy) is 3. The number of carbonyl (C=O) groups is 1. The van der Waals surface area contributed by atoms with Crippen molar-refractivity contribution in [3.05, 3.63) is 45.3 Å². The zero-order valence-corrected chi connectivity index (χ0v) is 15.5. The van der Waals surface area contributed by atoms with Gasteiger partial charge in [0, 0.05) is 5.69 Å². The van der Waals surface area contributed by atoms with Crippen molar-refractivity contribution in [1.82, 2.24) is 0 Å². The highest BCUT2D eigenvalue weighted by Gasteiger charge is 2.12. The van der Waals surface area contributed by atoms with Gasteiger partial charge in [-0.05, 0) is 75.2 Å². The maximum absolute atomic E-state index is 11.3. The molecule has 0 unspecified atom stereocenters. The molecule has 0 aliphatic carbocycles. The number of hydrogen-bond donors (Lipinski definition) is 1. The van der Waals surface area contributed by atoms with Gasteiger partial charge in [0.2, 0.25) is 0 Å². The third kappa shape index (κ3) is 5.14. The SMILES string of the molecule is CCOC(=O)COc1cc(Br)c(Oc2ccc(N)cc2)c(Br)c1. The van der Waals surface area contributed by atoms with E-state index in [2.05, 4.69) is 31.9 Å². The highest BCUT2D eigenvalue weighted by atomic mass is 79.9. The van der Waals surface area contributed by atoms with Crippen molar-refractivity contribution < 1.29 is 19.0 Å². The maximum atomic E-state index is 11.3. The number of carbonyl (C=O) groups excluding carboxylic acids is 1. The Kier molecular flexibility index (Phi) is 6.29. The summed E-state index contributed by atoms with van der Waals surface area (Å²) in [4.78, 5) is 11.3. The summed E-state index contributed by atoms with van der Waals surface area (Å²) in [6.45, 7) is 1.92. The van der Waals surface area contributed by atoms with Crippen LogP contribution in [0.1, 0.15) is 6.92 Å². The number of rotatable bonds is 6. The number of benzene rings is 2. The average molecular weight is 445 g/mol. The molecule has 0 amide bonds. The molecular weight excluding hydrogens is 430 g/mol. The summed E-state index contributed by atoms with van der Waals surface area (Å²) in [6, 6.07) is 10.5. The fourth-order valence-electron chi connectivity index (χ4n) is 1.72. The van der Waals surface area contributed by atoms with Crippen molar-refractivity contribution in [2.45, 2.75) is 6.92 Å². The molecule has 0 saturated carbocycles. The zero-order chi connectivity index (χ0) is 16.8. The molecule has 0 radical (unpaired) electrons. The van der Waals surface area contributed by atoms with Crippen molar-refractivity contribution in [1.29, 1.82) is 0 Å². The number of halogens is 2. The van der Waals surface area contributed by atoms with Crippen LogP contribution in [-0.2, 0) is 9.53 Å². The van der Waals surface area contributed by atoms with E-state index in [-0.39, 0.29) is 6.61 Å². The summed E-state index contributed by atoms with van der Waals surface area (Å²) in [6.07, 6.45) is 0. The van der Waals surface area contributed by atoms with Crippen LogP contribution in [0.25, 0.3) is 0 Å². The van der Waals surface area contributed by atoms with Crippen LogP contribution >= 0.6 is 31.9 Å². The predicted molar refractivity (Wildman–Crippen MR) is 94.9 cm³/mol. The van der Waals surface area contributed by atoms with Crippen LogP contribution in [0.4, 0.5) is 5.69 Å². The smallest absolute Gasteiger partial charge is 0.344 e.